The van der Waals surface area contributed by atoms with Gasteiger partial charge in [0.05, 0.1) is 18.3 Å². The Morgan fingerprint density at radius 1 is 1.28 bits per heavy atom. The molecule has 36 heavy (non-hydrogen) atoms. The summed E-state index contributed by atoms with van der Waals surface area (Å²) in [6, 6.07) is 0. The highest BCUT2D eigenvalue weighted by atomic mass is 33.1. The van der Waals surface area contributed by atoms with E-state index in [1.54, 1.807) is 0 Å². The number of carbonyl (C=O) groups excluding carboxylic acids is 2. The number of hydrogen-bond donors (Lipinski definition) is 2. The lowest BCUT2D eigenvalue weighted by Crippen LogP contribution is -2.57. The third-order valence-electron chi connectivity index (χ3n) is 9.37. The highest BCUT2D eigenvalue weighted by Crippen LogP contribution is 2.61. The van der Waals surface area contributed by atoms with Crippen LogP contribution in [-0.4, -0.2) is 58.6 Å². The maximum absolute atomic E-state index is 12.5. The van der Waals surface area contributed by atoms with E-state index >= 15 is 0 Å². The maximum atomic E-state index is 12.5. The van der Waals surface area contributed by atoms with E-state index in [2.05, 4.69) is 13.5 Å². The molecule has 202 valence electrons. The first-order chi connectivity index (χ1) is 17.2. The number of allylic oxidation sites excluding steroid dienone is 2. The van der Waals surface area contributed by atoms with Crippen LogP contribution in [-0.2, 0) is 19.1 Å². The number of unbranched alkanes of at least 4 members (excludes halogenated alkanes) is 1. The second-order valence-electron chi connectivity index (χ2n) is 11.6. The monoisotopic (exact) mass is 538 g/mol. The maximum Gasteiger partial charge on any atom is 0.337 e. The fraction of sp³-hybridized carbons (Fsp3) is 0.786. The van der Waals surface area contributed by atoms with Crippen LogP contribution in [0.4, 0.5) is 0 Å². The van der Waals surface area contributed by atoms with E-state index in [0.717, 1.165) is 44.1 Å². The van der Waals surface area contributed by atoms with Gasteiger partial charge in [-0.1, -0.05) is 60.1 Å². The number of esters is 2. The van der Waals surface area contributed by atoms with Gasteiger partial charge in [-0.3, -0.25) is 4.79 Å². The molecule has 0 amide bonds. The van der Waals surface area contributed by atoms with E-state index < -0.39 is 23.6 Å². The molecule has 2 saturated heterocycles. The van der Waals surface area contributed by atoms with Crippen molar-refractivity contribution >= 4 is 33.5 Å². The number of ether oxygens (including phenoxy) is 2. The van der Waals surface area contributed by atoms with E-state index in [4.69, 9.17) is 9.47 Å². The number of fused-ring (bicyclic) bond motifs is 1. The molecule has 4 fully saturated rings. The van der Waals surface area contributed by atoms with Gasteiger partial charge in [0.25, 0.3) is 0 Å². The molecule has 2 N–H and O–H groups in total. The van der Waals surface area contributed by atoms with Crippen molar-refractivity contribution in [3.8, 4) is 0 Å². The average molecular weight is 539 g/mol. The Labute approximate surface area is 223 Å². The lowest BCUT2D eigenvalue weighted by atomic mass is 9.46. The molecule has 0 bridgehead atoms. The number of hydrogen-bond acceptors (Lipinski definition) is 8. The minimum atomic E-state index is -0.650. The van der Waals surface area contributed by atoms with Gasteiger partial charge in [0, 0.05) is 22.8 Å². The van der Waals surface area contributed by atoms with Crippen LogP contribution in [0.25, 0.3) is 0 Å². The number of carbonyl (C=O) groups is 2. The normalized spacial score (nSPS) is 39.8. The Hall–Kier alpha value is -0.960. The number of aliphatic hydroxyl groups excluding tert-OH is 2. The van der Waals surface area contributed by atoms with E-state index in [1.807, 2.05) is 34.6 Å². The zero-order valence-corrected chi connectivity index (χ0v) is 23.3. The summed E-state index contributed by atoms with van der Waals surface area (Å²) in [4.78, 5) is 25.0. The van der Waals surface area contributed by atoms with Crippen molar-refractivity contribution in [2.45, 2.75) is 95.5 Å². The van der Waals surface area contributed by atoms with Crippen LogP contribution in [0.2, 0.25) is 0 Å². The highest BCUT2D eigenvalue weighted by molar-refractivity contribution is 8.77. The molecular weight excluding hydrogens is 496 g/mol. The summed E-state index contributed by atoms with van der Waals surface area (Å²) in [5, 5.41) is 21.6. The van der Waals surface area contributed by atoms with Gasteiger partial charge in [-0.25, -0.2) is 4.79 Å². The molecule has 2 aliphatic carbocycles. The predicted molar refractivity (Wildman–Crippen MR) is 144 cm³/mol. The van der Waals surface area contributed by atoms with E-state index in [9.17, 15) is 19.8 Å². The van der Waals surface area contributed by atoms with Gasteiger partial charge in [0.1, 0.15) is 6.61 Å². The second kappa shape index (κ2) is 11.8. The van der Waals surface area contributed by atoms with Gasteiger partial charge in [-0.15, -0.1) is 0 Å². The molecular formula is C28H42O6S2. The lowest BCUT2D eigenvalue weighted by Gasteiger charge is -2.59. The van der Waals surface area contributed by atoms with Crippen LogP contribution in [0, 0.1) is 22.7 Å². The summed E-state index contributed by atoms with van der Waals surface area (Å²) in [5.41, 5.74) is 0.912. The largest absolute Gasteiger partial charge is 0.458 e. The van der Waals surface area contributed by atoms with Crippen molar-refractivity contribution in [2.75, 3.05) is 19.0 Å². The van der Waals surface area contributed by atoms with Gasteiger partial charge in [0.15, 0.2) is 6.10 Å². The molecule has 6 nitrogen and oxygen atoms in total. The highest BCUT2D eigenvalue weighted by Gasteiger charge is 2.57. The van der Waals surface area contributed by atoms with Crippen molar-refractivity contribution in [3.05, 3.63) is 23.8 Å². The van der Waals surface area contributed by atoms with Crippen molar-refractivity contribution in [3.63, 3.8) is 0 Å². The minimum Gasteiger partial charge on any atom is -0.458 e. The van der Waals surface area contributed by atoms with E-state index in [1.165, 1.54) is 12.2 Å². The average Bonchev–Trinajstić information content (AvgIpc) is 3.49. The zero-order valence-electron chi connectivity index (χ0n) is 21.7. The fourth-order valence-corrected chi connectivity index (χ4v) is 10.1. The van der Waals surface area contributed by atoms with E-state index in [0.29, 0.717) is 30.1 Å². The zero-order chi connectivity index (χ0) is 25.9. The first-order valence-corrected chi connectivity index (χ1v) is 15.9. The molecule has 0 aromatic rings. The molecule has 0 radical (unpaired) electrons. The van der Waals surface area contributed by atoms with Crippen LogP contribution in [0.1, 0.15) is 78.1 Å². The van der Waals surface area contributed by atoms with Gasteiger partial charge < -0.3 is 19.7 Å². The molecule has 0 aromatic carbocycles. The first kappa shape index (κ1) is 28.1. The van der Waals surface area contributed by atoms with E-state index in [-0.39, 0.29) is 36.4 Å². The SMILES string of the molecule is C=C1CC[C@@H]2[C@](C)(CO)[C@H](O)CC[C@@]2(C)[C@@H]1C/C=C1/C(=O)OC[C@H]1OC(=O)CCCC[C@@H]1CCSS1. The number of rotatable bonds is 9. The Kier molecular flexibility index (Phi) is 9.22. The number of aliphatic hydroxyl groups is 2. The lowest BCUT2D eigenvalue weighted by molar-refractivity contribution is -0.151. The van der Waals surface area contributed by atoms with Crippen LogP contribution < -0.4 is 0 Å². The Morgan fingerprint density at radius 3 is 2.81 bits per heavy atom. The minimum absolute atomic E-state index is 0.0441. The molecule has 4 aliphatic rings. The topological polar surface area (TPSA) is 93.1 Å². The van der Waals surface area contributed by atoms with Crippen molar-refractivity contribution in [1.29, 1.82) is 0 Å². The van der Waals surface area contributed by atoms with Crippen molar-refractivity contribution < 1.29 is 29.3 Å². The summed E-state index contributed by atoms with van der Waals surface area (Å²) in [7, 11) is 3.90. The molecule has 8 heteroatoms. The van der Waals surface area contributed by atoms with Gasteiger partial charge in [-0.2, -0.15) is 0 Å². The standard InChI is InChI=1S/C28H42O6S2/c1-18-8-11-23-27(2,14-12-24(30)28(23,3)17-29)21(18)10-9-20-22(16-33-26(20)32)34-25(31)7-5-4-6-19-13-15-35-36-19/h9,19,21-24,29-30H,1,4-8,10-17H2,2-3H3/b20-9+/t19-,21-,22-,23+,24-,27+,28+/m1/s1. The summed E-state index contributed by atoms with van der Waals surface area (Å²) in [5.74, 6) is 0.827. The molecule has 0 unspecified atom stereocenters. The summed E-state index contributed by atoms with van der Waals surface area (Å²) < 4.78 is 10.9. The van der Waals surface area contributed by atoms with Crippen LogP contribution in [0.3, 0.4) is 0 Å². The molecule has 2 aliphatic heterocycles. The van der Waals surface area contributed by atoms with Crippen LogP contribution in [0.5, 0.6) is 0 Å². The molecule has 7 atom stereocenters. The van der Waals surface area contributed by atoms with Crippen LogP contribution in [0.15, 0.2) is 23.8 Å². The second-order valence-corrected chi connectivity index (χ2v) is 14.4. The Morgan fingerprint density at radius 2 is 2.08 bits per heavy atom. The van der Waals surface area contributed by atoms with Crippen LogP contribution >= 0.6 is 21.6 Å². The van der Waals surface area contributed by atoms with Gasteiger partial charge >= 0.3 is 11.9 Å². The number of cyclic esters (lactones) is 1. The van der Waals surface area contributed by atoms with Gasteiger partial charge in [-0.05, 0) is 68.6 Å². The Bertz CT molecular complexity index is 868. The summed E-state index contributed by atoms with van der Waals surface area (Å²) >= 11 is 0. The van der Waals surface area contributed by atoms with Gasteiger partial charge in [0.2, 0.25) is 0 Å². The van der Waals surface area contributed by atoms with Crippen molar-refractivity contribution in [1.82, 2.24) is 0 Å². The summed E-state index contributed by atoms with van der Waals surface area (Å²) in [6.45, 7) is 8.65. The quantitative estimate of drug-likeness (QED) is 0.136. The fourth-order valence-electron chi connectivity index (χ4n) is 7.07. The third kappa shape index (κ3) is 5.71. The molecule has 2 saturated carbocycles. The molecule has 0 spiro atoms. The Balaban J connectivity index is 1.37. The summed E-state index contributed by atoms with van der Waals surface area (Å²) in [6.07, 6.45) is 9.15. The van der Waals surface area contributed by atoms with Crippen molar-refractivity contribution in [2.24, 2.45) is 22.7 Å². The third-order valence-corrected chi connectivity index (χ3v) is 12.4. The first-order valence-electron chi connectivity index (χ1n) is 13.5. The molecule has 0 aromatic heterocycles. The molecule has 2 heterocycles. The smallest absolute Gasteiger partial charge is 0.337 e. The molecule has 4 rings (SSSR count). The predicted octanol–water partition coefficient (Wildman–Crippen LogP) is 5.23.